The van der Waals surface area contributed by atoms with Gasteiger partial charge in [0.05, 0.1) is 10.6 Å². The van der Waals surface area contributed by atoms with Crippen molar-refractivity contribution in [3.05, 3.63) is 28.5 Å². The van der Waals surface area contributed by atoms with E-state index >= 15 is 0 Å². The molecule has 1 aliphatic rings. The number of halogens is 2. The van der Waals surface area contributed by atoms with Gasteiger partial charge in [-0.05, 0) is 37.8 Å². The zero-order valence-electron chi connectivity index (χ0n) is 10.4. The van der Waals surface area contributed by atoms with Crippen LogP contribution in [0.3, 0.4) is 0 Å². The van der Waals surface area contributed by atoms with Crippen LogP contribution in [0.2, 0.25) is 5.02 Å². The highest BCUT2D eigenvalue weighted by Gasteiger charge is 2.25. The lowest BCUT2D eigenvalue weighted by Crippen LogP contribution is -2.18. The van der Waals surface area contributed by atoms with Crippen LogP contribution in [-0.2, 0) is 14.8 Å². The van der Waals surface area contributed by atoms with Gasteiger partial charge in [0.25, 0.3) is 0 Å². The van der Waals surface area contributed by atoms with Crippen molar-refractivity contribution in [3.63, 3.8) is 0 Å². The second-order valence-electron chi connectivity index (χ2n) is 4.62. The molecule has 2 rings (SSSR count). The molecular formula is C12H13ClFNO4S. The van der Waals surface area contributed by atoms with Gasteiger partial charge in [-0.15, -0.1) is 0 Å². The van der Waals surface area contributed by atoms with Crippen molar-refractivity contribution in [2.45, 2.75) is 36.7 Å². The number of primary sulfonamides is 1. The lowest BCUT2D eigenvalue weighted by Gasteiger charge is -2.13. The summed E-state index contributed by atoms with van der Waals surface area (Å²) in [5.74, 6) is -1.87. The zero-order chi connectivity index (χ0) is 14.9. The molecule has 0 amide bonds. The van der Waals surface area contributed by atoms with Gasteiger partial charge in [0.15, 0.2) is 0 Å². The number of carbonyl (C=O) groups excluding carboxylic acids is 1. The van der Waals surface area contributed by atoms with Gasteiger partial charge < -0.3 is 4.74 Å². The van der Waals surface area contributed by atoms with Gasteiger partial charge in [-0.25, -0.2) is 22.7 Å². The molecule has 0 aliphatic heterocycles. The quantitative estimate of drug-likeness (QED) is 0.865. The van der Waals surface area contributed by atoms with E-state index in [9.17, 15) is 17.6 Å². The molecule has 0 saturated heterocycles. The fraction of sp³-hybridized carbons (Fsp3) is 0.417. The lowest BCUT2D eigenvalue weighted by molar-refractivity contribution is 0.0317. The molecule has 20 heavy (non-hydrogen) atoms. The fourth-order valence-electron chi connectivity index (χ4n) is 2.12. The van der Waals surface area contributed by atoms with Crippen molar-refractivity contribution in [1.29, 1.82) is 0 Å². The highest BCUT2D eigenvalue weighted by Crippen LogP contribution is 2.27. The maximum Gasteiger partial charge on any atom is 0.339 e. The van der Waals surface area contributed by atoms with Crippen molar-refractivity contribution in [3.8, 4) is 0 Å². The molecule has 1 fully saturated rings. The number of hydrogen-bond acceptors (Lipinski definition) is 4. The van der Waals surface area contributed by atoms with Crippen LogP contribution in [0, 0.1) is 5.82 Å². The molecule has 1 aromatic rings. The highest BCUT2D eigenvalue weighted by molar-refractivity contribution is 7.89. The Morgan fingerprint density at radius 2 is 1.95 bits per heavy atom. The molecule has 110 valence electrons. The molecule has 5 nitrogen and oxygen atoms in total. The van der Waals surface area contributed by atoms with Crippen LogP contribution < -0.4 is 5.14 Å². The Hall–Kier alpha value is -1.18. The summed E-state index contributed by atoms with van der Waals surface area (Å²) in [6.45, 7) is 0. The summed E-state index contributed by atoms with van der Waals surface area (Å²) in [6.07, 6.45) is 3.25. The first-order valence-electron chi connectivity index (χ1n) is 6.02. The topological polar surface area (TPSA) is 86.5 Å². The van der Waals surface area contributed by atoms with E-state index in [1.807, 2.05) is 0 Å². The van der Waals surface area contributed by atoms with Crippen LogP contribution in [0.15, 0.2) is 17.0 Å². The molecule has 1 saturated carbocycles. The van der Waals surface area contributed by atoms with E-state index in [1.54, 1.807) is 0 Å². The first-order valence-corrected chi connectivity index (χ1v) is 7.94. The second-order valence-corrected chi connectivity index (χ2v) is 6.56. The summed E-state index contributed by atoms with van der Waals surface area (Å²) in [7, 11) is -4.27. The Labute approximate surface area is 120 Å². The predicted octanol–water partition coefficient (Wildman–Crippen LogP) is 2.23. The highest BCUT2D eigenvalue weighted by atomic mass is 35.5. The van der Waals surface area contributed by atoms with Crippen molar-refractivity contribution >= 4 is 27.6 Å². The van der Waals surface area contributed by atoms with E-state index in [0.29, 0.717) is 0 Å². The van der Waals surface area contributed by atoms with Gasteiger partial charge in [0.2, 0.25) is 10.0 Å². The number of rotatable bonds is 3. The number of benzene rings is 1. The van der Waals surface area contributed by atoms with E-state index < -0.39 is 26.7 Å². The minimum atomic E-state index is -4.27. The molecule has 1 aliphatic carbocycles. The third-order valence-electron chi connectivity index (χ3n) is 3.12. The molecule has 0 heterocycles. The summed E-state index contributed by atoms with van der Waals surface area (Å²) < 4.78 is 41.2. The smallest absolute Gasteiger partial charge is 0.339 e. The molecule has 0 radical (unpaired) electrons. The standard InChI is InChI=1S/C12H13ClFNO4S/c13-9-6-10(14)11(20(15,17)18)5-8(9)12(16)19-7-3-1-2-4-7/h5-7H,1-4H2,(H2,15,17,18). The van der Waals surface area contributed by atoms with Gasteiger partial charge in [-0.3, -0.25) is 0 Å². The summed E-state index contributed by atoms with van der Waals surface area (Å²) in [4.78, 5) is 11.2. The summed E-state index contributed by atoms with van der Waals surface area (Å²) in [5.41, 5.74) is -0.205. The molecule has 0 bridgehead atoms. The van der Waals surface area contributed by atoms with Crippen LogP contribution in [0.1, 0.15) is 36.0 Å². The summed E-state index contributed by atoms with van der Waals surface area (Å²) in [6, 6.07) is 1.55. The third-order valence-corrected chi connectivity index (χ3v) is 4.36. The number of ether oxygens (including phenoxy) is 1. The molecule has 0 unspecified atom stereocenters. The third kappa shape index (κ3) is 3.28. The molecule has 8 heteroatoms. The fourth-order valence-corrected chi connectivity index (χ4v) is 2.96. The normalized spacial score (nSPS) is 16.4. The lowest BCUT2D eigenvalue weighted by atomic mass is 10.2. The van der Waals surface area contributed by atoms with Crippen LogP contribution in [-0.4, -0.2) is 20.5 Å². The first-order chi connectivity index (χ1) is 9.29. The second kappa shape index (κ2) is 5.67. The molecule has 2 N–H and O–H groups in total. The van der Waals surface area contributed by atoms with Gasteiger partial charge in [0, 0.05) is 0 Å². The maximum absolute atomic E-state index is 13.5. The van der Waals surface area contributed by atoms with Crippen LogP contribution in [0.25, 0.3) is 0 Å². The molecule has 1 aromatic carbocycles. The largest absolute Gasteiger partial charge is 0.459 e. The number of nitrogens with two attached hydrogens (primary N) is 1. The molecular weight excluding hydrogens is 309 g/mol. The molecule has 0 spiro atoms. The van der Waals surface area contributed by atoms with E-state index in [-0.39, 0.29) is 16.7 Å². The Kier molecular flexibility index (Phi) is 4.31. The Bertz CT molecular complexity index is 641. The summed E-state index contributed by atoms with van der Waals surface area (Å²) >= 11 is 5.76. The van der Waals surface area contributed by atoms with Gasteiger partial charge in [0.1, 0.15) is 16.8 Å². The van der Waals surface area contributed by atoms with Crippen molar-refractivity contribution in [2.24, 2.45) is 5.14 Å². The number of hydrogen-bond donors (Lipinski definition) is 1. The van der Waals surface area contributed by atoms with E-state index in [1.165, 1.54) is 0 Å². The van der Waals surface area contributed by atoms with Gasteiger partial charge in [-0.1, -0.05) is 11.6 Å². The Morgan fingerprint density at radius 1 is 1.35 bits per heavy atom. The van der Waals surface area contributed by atoms with Gasteiger partial charge in [-0.2, -0.15) is 0 Å². The van der Waals surface area contributed by atoms with Crippen molar-refractivity contribution in [2.75, 3.05) is 0 Å². The van der Waals surface area contributed by atoms with Crippen molar-refractivity contribution < 1.29 is 22.3 Å². The SMILES string of the molecule is NS(=O)(=O)c1cc(C(=O)OC2CCCC2)c(Cl)cc1F. The van der Waals surface area contributed by atoms with Crippen LogP contribution in [0.4, 0.5) is 4.39 Å². The predicted molar refractivity (Wildman–Crippen MR) is 70.5 cm³/mol. The maximum atomic E-state index is 13.5. The van der Waals surface area contributed by atoms with E-state index in [2.05, 4.69) is 0 Å². The van der Waals surface area contributed by atoms with E-state index in [4.69, 9.17) is 21.5 Å². The van der Waals surface area contributed by atoms with Crippen molar-refractivity contribution in [1.82, 2.24) is 0 Å². The average Bonchev–Trinajstić information content (AvgIpc) is 2.79. The number of sulfonamides is 1. The zero-order valence-corrected chi connectivity index (χ0v) is 12.0. The average molecular weight is 322 g/mol. The minimum absolute atomic E-state index is 0.205. The molecule has 0 aromatic heterocycles. The van der Waals surface area contributed by atoms with Crippen LogP contribution in [0.5, 0.6) is 0 Å². The monoisotopic (exact) mass is 321 g/mol. The number of carbonyl (C=O) groups is 1. The number of esters is 1. The van der Waals surface area contributed by atoms with Crippen LogP contribution >= 0.6 is 11.6 Å². The Balaban J connectivity index is 2.33. The molecule has 0 atom stereocenters. The summed E-state index contributed by atoms with van der Waals surface area (Å²) in [5, 5.41) is 4.67. The van der Waals surface area contributed by atoms with E-state index in [0.717, 1.165) is 37.8 Å². The first kappa shape index (κ1) is 15.2. The minimum Gasteiger partial charge on any atom is -0.459 e. The van der Waals surface area contributed by atoms with Gasteiger partial charge >= 0.3 is 5.97 Å². The Morgan fingerprint density at radius 3 is 2.50 bits per heavy atom.